The highest BCUT2D eigenvalue weighted by molar-refractivity contribution is 9.08. The summed E-state index contributed by atoms with van der Waals surface area (Å²) >= 11 is 9.72. The van der Waals surface area contributed by atoms with E-state index in [1.165, 1.54) is 0 Å². The number of nitrogens with zero attached hydrogens (tertiary/aromatic N) is 2. The summed E-state index contributed by atoms with van der Waals surface area (Å²) in [7, 11) is 0. The maximum Gasteiger partial charge on any atom is 0.131 e. The van der Waals surface area contributed by atoms with Gasteiger partial charge in [-0.3, -0.25) is 4.68 Å². The first kappa shape index (κ1) is 14.4. The highest BCUT2D eigenvalue weighted by Gasteiger charge is 2.13. The number of hydrogen-bond acceptors (Lipinski definition) is 2. The molecule has 102 valence electrons. The summed E-state index contributed by atoms with van der Waals surface area (Å²) in [5.41, 5.74) is 2.89. The van der Waals surface area contributed by atoms with Gasteiger partial charge in [0.2, 0.25) is 0 Å². The molecule has 1 heterocycles. The van der Waals surface area contributed by atoms with Crippen LogP contribution in [0.5, 0.6) is 5.75 Å². The minimum absolute atomic E-state index is 0.428. The van der Waals surface area contributed by atoms with Crippen molar-refractivity contribution in [2.75, 3.05) is 0 Å². The van der Waals surface area contributed by atoms with Crippen molar-refractivity contribution in [2.24, 2.45) is 0 Å². The van der Waals surface area contributed by atoms with Gasteiger partial charge in [-0.05, 0) is 19.9 Å². The predicted molar refractivity (Wildman–Crippen MR) is 81.1 cm³/mol. The van der Waals surface area contributed by atoms with E-state index in [0.29, 0.717) is 11.6 Å². The van der Waals surface area contributed by atoms with E-state index in [4.69, 9.17) is 16.3 Å². The van der Waals surface area contributed by atoms with Gasteiger partial charge in [-0.15, -0.1) is 0 Å². The maximum atomic E-state index is 6.26. The Morgan fingerprint density at radius 1 is 1.37 bits per heavy atom. The third kappa shape index (κ3) is 3.12. The lowest BCUT2D eigenvalue weighted by Crippen LogP contribution is -2.07. The van der Waals surface area contributed by atoms with E-state index in [0.717, 1.165) is 34.6 Å². The summed E-state index contributed by atoms with van der Waals surface area (Å²) in [6.45, 7) is 5.16. The predicted octanol–water partition coefficient (Wildman–Crippen LogP) is 4.34. The zero-order chi connectivity index (χ0) is 13.8. The molecule has 0 radical (unpaired) electrons. The van der Waals surface area contributed by atoms with Crippen molar-refractivity contribution in [3.8, 4) is 5.75 Å². The van der Waals surface area contributed by atoms with E-state index >= 15 is 0 Å². The Hall–Kier alpha value is -1.000. The number of benzene rings is 1. The summed E-state index contributed by atoms with van der Waals surface area (Å²) in [4.78, 5) is 0. The number of hydrogen-bond donors (Lipinski definition) is 0. The second kappa shape index (κ2) is 6.44. The lowest BCUT2D eigenvalue weighted by atomic mass is 10.2. The molecular weight excluding hydrogens is 328 g/mol. The Morgan fingerprint density at radius 2 is 2.11 bits per heavy atom. The van der Waals surface area contributed by atoms with Gasteiger partial charge in [0.1, 0.15) is 12.4 Å². The Morgan fingerprint density at radius 3 is 2.79 bits per heavy atom. The van der Waals surface area contributed by atoms with Gasteiger partial charge in [-0.25, -0.2) is 0 Å². The molecule has 1 aromatic carbocycles. The third-order valence-corrected chi connectivity index (χ3v) is 4.03. The molecule has 2 aromatic rings. The molecular formula is C14H16BrClN2O. The molecule has 5 heteroatoms. The van der Waals surface area contributed by atoms with E-state index in [9.17, 15) is 0 Å². The van der Waals surface area contributed by atoms with E-state index < -0.39 is 0 Å². The van der Waals surface area contributed by atoms with Crippen LogP contribution in [0.25, 0.3) is 0 Å². The van der Waals surface area contributed by atoms with Gasteiger partial charge in [0.15, 0.2) is 0 Å². The number of alkyl halides is 1. The Bertz CT molecular complexity index is 569. The highest BCUT2D eigenvalue weighted by atomic mass is 79.9. The molecule has 0 aliphatic rings. The van der Waals surface area contributed by atoms with E-state index in [1.807, 2.05) is 42.8 Å². The van der Waals surface area contributed by atoms with Crippen LogP contribution >= 0.6 is 27.5 Å². The van der Waals surface area contributed by atoms with Gasteiger partial charge in [-0.2, -0.15) is 5.10 Å². The van der Waals surface area contributed by atoms with Crippen LogP contribution in [-0.2, 0) is 18.5 Å². The smallest absolute Gasteiger partial charge is 0.131 e. The lowest BCUT2D eigenvalue weighted by Gasteiger charge is -2.11. The molecule has 0 N–H and O–H groups in total. The van der Waals surface area contributed by atoms with Crippen LogP contribution in [0, 0.1) is 6.92 Å². The van der Waals surface area contributed by atoms with Crippen molar-refractivity contribution in [1.29, 1.82) is 0 Å². The molecule has 0 amide bonds. The molecule has 19 heavy (non-hydrogen) atoms. The standard InChI is InChI=1S/C14H16BrClN2O/c1-3-18-12(14(16)10(2)17-18)9-19-13-7-5-4-6-11(13)8-15/h4-7H,3,8-9H2,1-2H3. The molecule has 0 bridgehead atoms. The number of para-hydroxylation sites is 1. The lowest BCUT2D eigenvalue weighted by molar-refractivity contribution is 0.290. The first-order valence-corrected chi connectivity index (χ1v) is 7.65. The molecule has 0 unspecified atom stereocenters. The van der Waals surface area contributed by atoms with Crippen molar-refractivity contribution in [2.45, 2.75) is 32.3 Å². The van der Waals surface area contributed by atoms with Crippen molar-refractivity contribution in [3.63, 3.8) is 0 Å². The number of rotatable bonds is 5. The average Bonchev–Trinajstić information content (AvgIpc) is 2.72. The summed E-state index contributed by atoms with van der Waals surface area (Å²) in [6, 6.07) is 7.96. The highest BCUT2D eigenvalue weighted by Crippen LogP contribution is 2.25. The van der Waals surface area contributed by atoms with Crippen molar-refractivity contribution in [3.05, 3.63) is 46.2 Å². The van der Waals surface area contributed by atoms with Crippen LogP contribution in [0.1, 0.15) is 23.9 Å². The van der Waals surface area contributed by atoms with Gasteiger partial charge in [-0.1, -0.05) is 45.7 Å². The number of aromatic nitrogens is 2. The van der Waals surface area contributed by atoms with Gasteiger partial charge in [0.05, 0.1) is 16.4 Å². The second-order valence-electron chi connectivity index (χ2n) is 4.19. The molecule has 0 spiro atoms. The van der Waals surface area contributed by atoms with E-state index in [-0.39, 0.29) is 0 Å². The SMILES string of the molecule is CCn1nc(C)c(Cl)c1COc1ccccc1CBr. The minimum Gasteiger partial charge on any atom is -0.487 e. The largest absolute Gasteiger partial charge is 0.487 e. The molecule has 3 nitrogen and oxygen atoms in total. The van der Waals surface area contributed by atoms with Crippen LogP contribution in [0.2, 0.25) is 5.02 Å². The topological polar surface area (TPSA) is 27.1 Å². The fraction of sp³-hybridized carbons (Fsp3) is 0.357. The first-order chi connectivity index (χ1) is 9.17. The van der Waals surface area contributed by atoms with Crippen LogP contribution in [0.3, 0.4) is 0 Å². The van der Waals surface area contributed by atoms with Crippen LogP contribution in [-0.4, -0.2) is 9.78 Å². The summed E-state index contributed by atoms with van der Waals surface area (Å²) < 4.78 is 7.76. The number of aryl methyl sites for hydroxylation is 2. The number of halogens is 2. The Balaban J connectivity index is 2.19. The van der Waals surface area contributed by atoms with E-state index in [2.05, 4.69) is 21.0 Å². The molecule has 0 aliphatic carbocycles. The van der Waals surface area contributed by atoms with Crippen molar-refractivity contribution >= 4 is 27.5 Å². The quantitative estimate of drug-likeness (QED) is 0.755. The number of ether oxygens (including phenoxy) is 1. The summed E-state index contributed by atoms with van der Waals surface area (Å²) in [5, 5.41) is 5.84. The molecule has 0 atom stereocenters. The summed E-state index contributed by atoms with van der Waals surface area (Å²) in [5.74, 6) is 0.872. The van der Waals surface area contributed by atoms with Gasteiger partial charge < -0.3 is 4.74 Å². The van der Waals surface area contributed by atoms with Crippen LogP contribution in [0.15, 0.2) is 24.3 Å². The van der Waals surface area contributed by atoms with Crippen LogP contribution in [0.4, 0.5) is 0 Å². The molecule has 1 aromatic heterocycles. The van der Waals surface area contributed by atoms with Crippen molar-refractivity contribution < 1.29 is 4.74 Å². The zero-order valence-electron chi connectivity index (χ0n) is 11.0. The fourth-order valence-corrected chi connectivity index (χ4v) is 2.56. The van der Waals surface area contributed by atoms with Gasteiger partial charge in [0, 0.05) is 17.4 Å². The minimum atomic E-state index is 0.428. The first-order valence-electron chi connectivity index (χ1n) is 6.15. The van der Waals surface area contributed by atoms with Crippen molar-refractivity contribution in [1.82, 2.24) is 9.78 Å². The average molecular weight is 344 g/mol. The third-order valence-electron chi connectivity index (χ3n) is 2.93. The molecule has 0 saturated heterocycles. The van der Waals surface area contributed by atoms with E-state index in [1.54, 1.807) is 0 Å². The van der Waals surface area contributed by atoms with Gasteiger partial charge >= 0.3 is 0 Å². The Kier molecular flexibility index (Phi) is 4.88. The maximum absolute atomic E-state index is 6.26. The molecule has 2 rings (SSSR count). The fourth-order valence-electron chi connectivity index (χ4n) is 1.91. The second-order valence-corrected chi connectivity index (χ2v) is 5.13. The molecule has 0 fully saturated rings. The summed E-state index contributed by atoms with van der Waals surface area (Å²) in [6.07, 6.45) is 0. The normalized spacial score (nSPS) is 10.7. The molecule has 0 saturated carbocycles. The zero-order valence-corrected chi connectivity index (χ0v) is 13.3. The molecule has 0 aliphatic heterocycles. The Labute approximate surface area is 126 Å². The van der Waals surface area contributed by atoms with Crippen LogP contribution < -0.4 is 4.74 Å². The monoisotopic (exact) mass is 342 g/mol. The van der Waals surface area contributed by atoms with Gasteiger partial charge in [0.25, 0.3) is 0 Å².